The molecule has 0 radical (unpaired) electrons. The Bertz CT molecular complexity index is 1140. The molecule has 0 spiro atoms. The van der Waals surface area contributed by atoms with E-state index in [-0.39, 0.29) is 17.8 Å². The highest BCUT2D eigenvalue weighted by molar-refractivity contribution is 9.10. The van der Waals surface area contributed by atoms with Gasteiger partial charge in [-0.05, 0) is 44.2 Å². The fourth-order valence-corrected chi connectivity index (χ4v) is 4.87. The maximum atomic E-state index is 12.6. The van der Waals surface area contributed by atoms with Gasteiger partial charge in [0.1, 0.15) is 10.8 Å². The summed E-state index contributed by atoms with van der Waals surface area (Å²) in [5.74, 6) is 0.676. The zero-order valence-electron chi connectivity index (χ0n) is 18.3. The third-order valence-electron chi connectivity index (χ3n) is 4.39. The van der Waals surface area contributed by atoms with Crippen molar-refractivity contribution >= 4 is 55.9 Å². The number of allylic oxidation sites excluding steroid dienone is 1. The number of aryl methyl sites for hydroxylation is 1. The fraction of sp³-hybridized carbons (Fsp3) is 0.273. The van der Waals surface area contributed by atoms with Crippen molar-refractivity contribution < 1.29 is 19.1 Å². The average Bonchev–Trinajstić information content (AvgIpc) is 3.36. The molecule has 0 saturated carbocycles. The van der Waals surface area contributed by atoms with Gasteiger partial charge in [-0.25, -0.2) is 4.79 Å². The van der Waals surface area contributed by atoms with Crippen LogP contribution in [0, 0.1) is 6.92 Å². The number of hydrogen-bond acceptors (Lipinski definition) is 8. The number of carbonyl (C=O) groups is 2. The molecule has 174 valence electrons. The lowest BCUT2D eigenvalue weighted by Gasteiger charge is -2.15. The summed E-state index contributed by atoms with van der Waals surface area (Å²) < 4.78 is 13.6. The number of methoxy groups -OCH3 is 1. The minimum Gasteiger partial charge on any atom is -0.483 e. The largest absolute Gasteiger partial charge is 0.483 e. The fourth-order valence-electron chi connectivity index (χ4n) is 2.94. The van der Waals surface area contributed by atoms with Crippen LogP contribution in [0.5, 0.6) is 5.75 Å². The van der Waals surface area contributed by atoms with E-state index in [4.69, 9.17) is 9.47 Å². The van der Waals surface area contributed by atoms with Crippen LogP contribution >= 0.6 is 39.0 Å². The molecule has 1 N–H and O–H groups in total. The average molecular weight is 551 g/mol. The zero-order chi connectivity index (χ0) is 24.0. The lowest BCUT2D eigenvalue weighted by Crippen LogP contribution is -2.16. The first-order valence-corrected chi connectivity index (χ1v) is 12.5. The summed E-state index contributed by atoms with van der Waals surface area (Å²) in [5.41, 5.74) is 0.342. The molecule has 2 heterocycles. The molecule has 33 heavy (non-hydrogen) atoms. The number of amides is 1. The highest BCUT2D eigenvalue weighted by atomic mass is 79.9. The number of carbonyl (C=O) groups excluding carboxylic acids is 2. The number of esters is 1. The van der Waals surface area contributed by atoms with Gasteiger partial charge in [0.15, 0.2) is 17.1 Å². The van der Waals surface area contributed by atoms with Crippen molar-refractivity contribution in [2.24, 2.45) is 0 Å². The quantitative estimate of drug-likeness (QED) is 0.209. The van der Waals surface area contributed by atoms with E-state index in [2.05, 4.69) is 38.0 Å². The summed E-state index contributed by atoms with van der Waals surface area (Å²) in [7, 11) is 1.31. The second kappa shape index (κ2) is 11.5. The first-order chi connectivity index (χ1) is 15.8. The van der Waals surface area contributed by atoms with Crippen LogP contribution < -0.4 is 10.1 Å². The maximum absolute atomic E-state index is 12.6. The maximum Gasteiger partial charge on any atom is 0.340 e. The molecule has 0 fully saturated rings. The van der Waals surface area contributed by atoms with Crippen molar-refractivity contribution in [2.75, 3.05) is 18.2 Å². The Morgan fingerprint density at radius 1 is 1.33 bits per heavy atom. The molecule has 0 aliphatic carbocycles. The van der Waals surface area contributed by atoms with E-state index in [1.807, 2.05) is 42.7 Å². The minimum atomic E-state index is -0.488. The number of hydrogen-bond donors (Lipinski definition) is 1. The Morgan fingerprint density at radius 2 is 2.06 bits per heavy atom. The van der Waals surface area contributed by atoms with Gasteiger partial charge in [-0.1, -0.05) is 33.8 Å². The van der Waals surface area contributed by atoms with Crippen LogP contribution in [-0.4, -0.2) is 39.5 Å². The first-order valence-electron chi connectivity index (χ1n) is 9.90. The molecule has 11 heteroatoms. The Hall–Kier alpha value is -2.63. The number of nitrogens with zero attached hydrogens (tertiary/aromatic N) is 3. The Balaban J connectivity index is 1.68. The molecular weight excluding hydrogens is 528 g/mol. The predicted octanol–water partition coefficient (Wildman–Crippen LogP) is 5.25. The van der Waals surface area contributed by atoms with Crippen LogP contribution in [0.3, 0.4) is 0 Å². The van der Waals surface area contributed by atoms with E-state index in [1.54, 1.807) is 12.1 Å². The number of anilines is 1. The number of thiophene rings is 1. The SMILES string of the molecule is C=CCn1c(SCC(=O)Nc2sc(C)cc2C(=O)OC)nnc1C(C)Oc1ccc(Br)cc1. The normalized spacial score (nSPS) is 11.6. The van der Waals surface area contributed by atoms with Crippen LogP contribution in [0.15, 0.2) is 52.6 Å². The molecule has 1 amide bonds. The number of ether oxygens (including phenoxy) is 2. The van der Waals surface area contributed by atoms with Gasteiger partial charge in [0.2, 0.25) is 5.91 Å². The molecule has 8 nitrogen and oxygen atoms in total. The Morgan fingerprint density at radius 3 is 2.73 bits per heavy atom. The van der Waals surface area contributed by atoms with Crippen LogP contribution in [-0.2, 0) is 16.1 Å². The van der Waals surface area contributed by atoms with E-state index in [0.717, 1.165) is 9.35 Å². The van der Waals surface area contributed by atoms with Gasteiger partial charge in [-0.2, -0.15) is 0 Å². The second-order valence-corrected chi connectivity index (χ2v) is 10.00. The topological polar surface area (TPSA) is 95.3 Å². The molecule has 0 aliphatic heterocycles. The van der Waals surface area contributed by atoms with E-state index in [9.17, 15) is 9.59 Å². The lowest BCUT2D eigenvalue weighted by atomic mass is 10.3. The minimum absolute atomic E-state index is 0.0921. The summed E-state index contributed by atoms with van der Waals surface area (Å²) in [6.45, 7) is 8.02. The van der Waals surface area contributed by atoms with Crippen molar-refractivity contribution in [1.29, 1.82) is 0 Å². The molecule has 3 aromatic rings. The zero-order valence-corrected chi connectivity index (χ0v) is 21.6. The molecule has 1 aromatic carbocycles. The Labute approximate surface area is 208 Å². The second-order valence-electron chi connectivity index (χ2n) is 6.88. The molecule has 1 atom stereocenters. The van der Waals surface area contributed by atoms with Gasteiger partial charge in [0.25, 0.3) is 0 Å². The smallest absolute Gasteiger partial charge is 0.340 e. The molecule has 1 unspecified atom stereocenters. The number of thioether (sulfide) groups is 1. The first kappa shape index (κ1) is 25.0. The van der Waals surface area contributed by atoms with Gasteiger partial charge >= 0.3 is 5.97 Å². The van der Waals surface area contributed by atoms with Crippen LogP contribution in [0.2, 0.25) is 0 Å². The molecule has 0 bridgehead atoms. The summed E-state index contributed by atoms with van der Waals surface area (Å²) in [6, 6.07) is 9.22. The van der Waals surface area contributed by atoms with Gasteiger partial charge in [-0.15, -0.1) is 28.1 Å². The molecule has 3 rings (SSSR count). The van der Waals surface area contributed by atoms with Gasteiger partial charge in [-0.3, -0.25) is 9.36 Å². The van der Waals surface area contributed by atoms with Gasteiger partial charge in [0, 0.05) is 15.9 Å². The van der Waals surface area contributed by atoms with Crippen molar-refractivity contribution in [3.63, 3.8) is 0 Å². The summed E-state index contributed by atoms with van der Waals surface area (Å²) >= 11 is 5.97. The van der Waals surface area contributed by atoms with Gasteiger partial charge < -0.3 is 14.8 Å². The number of nitrogens with one attached hydrogen (secondary N) is 1. The van der Waals surface area contributed by atoms with Crippen molar-refractivity contribution in [3.05, 3.63) is 63.7 Å². The summed E-state index contributed by atoms with van der Waals surface area (Å²) in [4.78, 5) is 25.4. The van der Waals surface area contributed by atoms with Gasteiger partial charge in [0.05, 0.1) is 18.4 Å². The van der Waals surface area contributed by atoms with Crippen molar-refractivity contribution in [3.8, 4) is 5.75 Å². The number of rotatable bonds is 10. The number of benzene rings is 1. The highest BCUT2D eigenvalue weighted by Gasteiger charge is 2.21. The molecule has 2 aromatic heterocycles. The summed E-state index contributed by atoms with van der Waals surface area (Å²) in [6.07, 6.45) is 1.37. The van der Waals surface area contributed by atoms with E-state index in [0.29, 0.717) is 33.8 Å². The van der Waals surface area contributed by atoms with Crippen LogP contribution in [0.1, 0.15) is 34.1 Å². The Kier molecular flexibility index (Phi) is 8.70. The van der Waals surface area contributed by atoms with E-state index < -0.39 is 5.97 Å². The lowest BCUT2D eigenvalue weighted by molar-refractivity contribution is -0.113. The molecule has 0 aliphatic rings. The summed E-state index contributed by atoms with van der Waals surface area (Å²) in [5, 5.41) is 12.3. The predicted molar refractivity (Wildman–Crippen MR) is 133 cm³/mol. The standard InChI is InChI=1S/C22H23BrN4O4S2/c1-5-10-27-19(14(3)31-16-8-6-15(23)7-9-16)25-26-22(27)32-12-18(28)24-20-17(21(29)30-4)11-13(2)33-20/h5-9,11,14H,1,10,12H2,2-4H3,(H,24,28). The van der Waals surface area contributed by atoms with Crippen molar-refractivity contribution in [2.45, 2.75) is 31.7 Å². The van der Waals surface area contributed by atoms with E-state index >= 15 is 0 Å². The van der Waals surface area contributed by atoms with E-state index in [1.165, 1.54) is 30.2 Å². The molecular formula is C22H23BrN4O4S2. The monoisotopic (exact) mass is 550 g/mol. The van der Waals surface area contributed by atoms with Crippen LogP contribution in [0.4, 0.5) is 5.00 Å². The highest BCUT2D eigenvalue weighted by Crippen LogP contribution is 2.29. The number of halogens is 1. The number of aromatic nitrogens is 3. The third-order valence-corrected chi connectivity index (χ3v) is 6.85. The third kappa shape index (κ3) is 6.46. The van der Waals surface area contributed by atoms with Crippen LogP contribution in [0.25, 0.3) is 0 Å². The van der Waals surface area contributed by atoms with Crippen molar-refractivity contribution in [1.82, 2.24) is 14.8 Å². The molecule has 0 saturated heterocycles.